The van der Waals surface area contributed by atoms with Crippen LogP contribution in [0.25, 0.3) is 0 Å². The van der Waals surface area contributed by atoms with Crippen molar-refractivity contribution in [3.8, 4) is 0 Å². The van der Waals surface area contributed by atoms with E-state index in [0.29, 0.717) is 24.5 Å². The molecule has 1 fully saturated rings. The van der Waals surface area contributed by atoms with Crippen LogP contribution >= 0.6 is 0 Å². The molecule has 0 radical (unpaired) electrons. The highest BCUT2D eigenvalue weighted by Crippen LogP contribution is 2.22. The standard InChI is InChI=1S/C19H23FN2O2S/c20-17-7-5-16(6-8-17)15-21-18-9-11-19(12-10-18)25(23,24)22-13-3-1-2-4-14-22/h5-12,21H,1-4,13-15H2. The van der Waals surface area contributed by atoms with E-state index in [1.165, 1.54) is 12.1 Å². The molecule has 1 aliphatic heterocycles. The quantitative estimate of drug-likeness (QED) is 0.874. The number of benzene rings is 2. The van der Waals surface area contributed by atoms with Crippen LogP contribution in [0.2, 0.25) is 0 Å². The first kappa shape index (κ1) is 17.9. The molecule has 1 heterocycles. The fourth-order valence-corrected chi connectivity index (χ4v) is 4.50. The van der Waals surface area contributed by atoms with Crippen molar-refractivity contribution in [2.75, 3.05) is 18.4 Å². The molecular weight excluding hydrogens is 339 g/mol. The van der Waals surface area contributed by atoms with Gasteiger partial charge in [-0.1, -0.05) is 25.0 Å². The number of anilines is 1. The maximum absolute atomic E-state index is 12.9. The van der Waals surface area contributed by atoms with Gasteiger partial charge in [0.1, 0.15) is 5.82 Å². The van der Waals surface area contributed by atoms with E-state index in [-0.39, 0.29) is 5.82 Å². The van der Waals surface area contributed by atoms with Crippen molar-refractivity contribution in [2.45, 2.75) is 37.1 Å². The molecule has 134 valence electrons. The van der Waals surface area contributed by atoms with Gasteiger partial charge in [0.2, 0.25) is 10.0 Å². The highest BCUT2D eigenvalue weighted by atomic mass is 32.2. The van der Waals surface area contributed by atoms with E-state index >= 15 is 0 Å². The van der Waals surface area contributed by atoms with Crippen LogP contribution in [0.4, 0.5) is 10.1 Å². The number of hydrogen-bond donors (Lipinski definition) is 1. The van der Waals surface area contributed by atoms with Gasteiger partial charge in [-0.15, -0.1) is 0 Å². The maximum Gasteiger partial charge on any atom is 0.243 e. The lowest BCUT2D eigenvalue weighted by atomic mass is 10.2. The molecule has 0 aliphatic carbocycles. The topological polar surface area (TPSA) is 49.4 Å². The molecule has 0 spiro atoms. The second-order valence-corrected chi connectivity index (χ2v) is 8.26. The van der Waals surface area contributed by atoms with Gasteiger partial charge in [0.15, 0.2) is 0 Å². The van der Waals surface area contributed by atoms with E-state index in [9.17, 15) is 12.8 Å². The molecule has 2 aromatic carbocycles. The van der Waals surface area contributed by atoms with Gasteiger partial charge >= 0.3 is 0 Å². The van der Waals surface area contributed by atoms with Crippen LogP contribution in [-0.4, -0.2) is 25.8 Å². The van der Waals surface area contributed by atoms with Gasteiger partial charge in [-0.2, -0.15) is 4.31 Å². The lowest BCUT2D eigenvalue weighted by molar-refractivity contribution is 0.424. The lowest BCUT2D eigenvalue weighted by Gasteiger charge is -2.20. The molecule has 2 aromatic rings. The Balaban J connectivity index is 1.65. The van der Waals surface area contributed by atoms with Crippen LogP contribution in [0.5, 0.6) is 0 Å². The Morgan fingerprint density at radius 1 is 0.880 bits per heavy atom. The van der Waals surface area contributed by atoms with Crippen LogP contribution in [-0.2, 0) is 16.6 Å². The van der Waals surface area contributed by atoms with Crippen molar-refractivity contribution >= 4 is 15.7 Å². The normalized spacial score (nSPS) is 16.4. The number of sulfonamides is 1. The van der Waals surface area contributed by atoms with Crippen molar-refractivity contribution in [1.82, 2.24) is 4.31 Å². The summed E-state index contributed by atoms with van der Waals surface area (Å²) in [7, 11) is -3.41. The Morgan fingerprint density at radius 2 is 1.48 bits per heavy atom. The number of halogens is 1. The molecule has 0 atom stereocenters. The minimum Gasteiger partial charge on any atom is -0.381 e. The van der Waals surface area contributed by atoms with E-state index in [4.69, 9.17) is 0 Å². The van der Waals surface area contributed by atoms with Crippen molar-refractivity contribution in [2.24, 2.45) is 0 Å². The van der Waals surface area contributed by atoms with Crippen molar-refractivity contribution in [3.63, 3.8) is 0 Å². The molecule has 4 nitrogen and oxygen atoms in total. The molecule has 0 amide bonds. The molecule has 1 aliphatic rings. The van der Waals surface area contributed by atoms with Crippen LogP contribution in [0.3, 0.4) is 0 Å². The molecule has 1 N–H and O–H groups in total. The summed E-state index contributed by atoms with van der Waals surface area (Å²) in [4.78, 5) is 0.335. The van der Waals surface area contributed by atoms with Crippen LogP contribution < -0.4 is 5.32 Å². The number of nitrogens with one attached hydrogen (secondary N) is 1. The fourth-order valence-electron chi connectivity index (χ4n) is 2.98. The Bertz CT molecular complexity index is 781. The lowest BCUT2D eigenvalue weighted by Crippen LogP contribution is -2.31. The maximum atomic E-state index is 12.9. The molecule has 0 unspecified atom stereocenters. The third kappa shape index (κ3) is 4.58. The second-order valence-electron chi connectivity index (χ2n) is 6.32. The Hall–Kier alpha value is -1.92. The first-order valence-electron chi connectivity index (χ1n) is 8.64. The molecular formula is C19H23FN2O2S. The van der Waals surface area contributed by atoms with Crippen LogP contribution in [0.1, 0.15) is 31.2 Å². The van der Waals surface area contributed by atoms with E-state index in [1.54, 1.807) is 40.7 Å². The summed E-state index contributed by atoms with van der Waals surface area (Å²) >= 11 is 0. The average Bonchev–Trinajstić information content (AvgIpc) is 2.92. The molecule has 25 heavy (non-hydrogen) atoms. The van der Waals surface area contributed by atoms with Gasteiger partial charge in [-0.3, -0.25) is 0 Å². The predicted octanol–water partition coefficient (Wildman–Crippen LogP) is 4.00. The van der Waals surface area contributed by atoms with Crippen molar-refractivity contribution in [1.29, 1.82) is 0 Å². The summed E-state index contributed by atoms with van der Waals surface area (Å²) in [6.07, 6.45) is 4.05. The van der Waals surface area contributed by atoms with Crippen LogP contribution in [0, 0.1) is 5.82 Å². The summed E-state index contributed by atoms with van der Waals surface area (Å²) in [5.74, 6) is -0.258. The summed E-state index contributed by atoms with van der Waals surface area (Å²) in [6, 6.07) is 13.1. The summed E-state index contributed by atoms with van der Waals surface area (Å²) in [5.41, 5.74) is 1.79. The summed E-state index contributed by atoms with van der Waals surface area (Å²) in [5, 5.41) is 3.22. The molecule has 0 bridgehead atoms. The number of hydrogen-bond acceptors (Lipinski definition) is 3. The zero-order valence-corrected chi connectivity index (χ0v) is 14.9. The van der Waals surface area contributed by atoms with E-state index in [1.807, 2.05) is 0 Å². The molecule has 0 aromatic heterocycles. The zero-order chi connectivity index (χ0) is 17.7. The summed E-state index contributed by atoms with van der Waals surface area (Å²) < 4.78 is 40.0. The minimum atomic E-state index is -3.41. The third-order valence-corrected chi connectivity index (χ3v) is 6.38. The Labute approximate surface area is 148 Å². The highest BCUT2D eigenvalue weighted by Gasteiger charge is 2.24. The predicted molar refractivity (Wildman–Crippen MR) is 97.4 cm³/mol. The average molecular weight is 362 g/mol. The third-order valence-electron chi connectivity index (χ3n) is 4.47. The van der Waals surface area contributed by atoms with Crippen molar-refractivity contribution < 1.29 is 12.8 Å². The van der Waals surface area contributed by atoms with Crippen LogP contribution in [0.15, 0.2) is 53.4 Å². The Morgan fingerprint density at radius 3 is 2.08 bits per heavy atom. The number of nitrogens with zero attached hydrogens (tertiary/aromatic N) is 1. The first-order chi connectivity index (χ1) is 12.1. The van der Waals surface area contributed by atoms with Gasteiger partial charge in [-0.25, -0.2) is 12.8 Å². The van der Waals surface area contributed by atoms with Gasteiger partial charge < -0.3 is 5.32 Å². The molecule has 1 saturated heterocycles. The van der Waals surface area contributed by atoms with Crippen molar-refractivity contribution in [3.05, 3.63) is 59.9 Å². The van der Waals surface area contributed by atoms with Gasteiger partial charge in [0, 0.05) is 25.3 Å². The van der Waals surface area contributed by atoms with Gasteiger partial charge in [-0.05, 0) is 54.8 Å². The fraction of sp³-hybridized carbons (Fsp3) is 0.368. The molecule has 6 heteroatoms. The van der Waals surface area contributed by atoms with E-state index < -0.39 is 10.0 Å². The first-order valence-corrected chi connectivity index (χ1v) is 10.1. The second kappa shape index (κ2) is 7.97. The number of rotatable bonds is 5. The van der Waals surface area contributed by atoms with Gasteiger partial charge in [0.25, 0.3) is 0 Å². The van der Waals surface area contributed by atoms with E-state index in [0.717, 1.165) is 36.9 Å². The summed E-state index contributed by atoms with van der Waals surface area (Å²) in [6.45, 7) is 1.76. The largest absolute Gasteiger partial charge is 0.381 e. The zero-order valence-electron chi connectivity index (χ0n) is 14.1. The SMILES string of the molecule is O=S(=O)(c1ccc(NCc2ccc(F)cc2)cc1)N1CCCCCC1. The molecule has 3 rings (SSSR count). The Kier molecular flexibility index (Phi) is 5.71. The van der Waals surface area contributed by atoms with E-state index in [2.05, 4.69) is 5.32 Å². The minimum absolute atomic E-state index is 0.258. The van der Waals surface area contributed by atoms with Gasteiger partial charge in [0.05, 0.1) is 4.90 Å². The molecule has 0 saturated carbocycles. The smallest absolute Gasteiger partial charge is 0.243 e. The monoisotopic (exact) mass is 362 g/mol. The highest BCUT2D eigenvalue weighted by molar-refractivity contribution is 7.89.